The number of nitrogens with zero attached hydrogens (tertiary/aromatic N) is 2. The van der Waals surface area contributed by atoms with Crippen LogP contribution in [-0.2, 0) is 15.0 Å². The highest BCUT2D eigenvalue weighted by molar-refractivity contribution is 7.86. The summed E-state index contributed by atoms with van der Waals surface area (Å²) in [6.07, 6.45) is 6.68. The molecule has 2 heterocycles. The fourth-order valence-electron chi connectivity index (χ4n) is 4.52. The number of piperidine rings is 1. The maximum Gasteiger partial charge on any atom is 0.281 e. The van der Waals surface area contributed by atoms with Crippen LogP contribution in [0.2, 0.25) is 0 Å². The second-order valence-corrected chi connectivity index (χ2v) is 10.1. The molecular weight excluding hydrogens is 338 g/mol. The maximum atomic E-state index is 12.6. The van der Waals surface area contributed by atoms with Gasteiger partial charge < -0.3 is 5.32 Å². The van der Waals surface area contributed by atoms with E-state index in [0.717, 1.165) is 19.3 Å². The second-order valence-electron chi connectivity index (χ2n) is 8.17. The first kappa shape index (κ1) is 19.1. The van der Waals surface area contributed by atoms with E-state index >= 15 is 0 Å². The van der Waals surface area contributed by atoms with E-state index in [0.29, 0.717) is 50.9 Å². The van der Waals surface area contributed by atoms with Crippen LogP contribution in [0.3, 0.4) is 0 Å². The third kappa shape index (κ3) is 4.19. The van der Waals surface area contributed by atoms with Crippen molar-refractivity contribution in [3.8, 4) is 0 Å². The van der Waals surface area contributed by atoms with Gasteiger partial charge in [-0.25, -0.2) is 0 Å². The van der Waals surface area contributed by atoms with E-state index in [4.69, 9.17) is 0 Å². The number of rotatable bonds is 4. The fourth-order valence-corrected chi connectivity index (χ4v) is 6.24. The van der Waals surface area contributed by atoms with Crippen molar-refractivity contribution >= 4 is 16.1 Å². The van der Waals surface area contributed by atoms with Crippen LogP contribution in [0.25, 0.3) is 0 Å². The van der Waals surface area contributed by atoms with E-state index in [9.17, 15) is 13.2 Å². The Labute approximate surface area is 152 Å². The Balaban J connectivity index is 1.51. The fraction of sp³-hybridized carbons (Fsp3) is 0.944. The van der Waals surface area contributed by atoms with Gasteiger partial charge in [-0.15, -0.1) is 0 Å². The lowest BCUT2D eigenvalue weighted by Gasteiger charge is -2.37. The van der Waals surface area contributed by atoms with E-state index in [-0.39, 0.29) is 17.9 Å². The quantitative estimate of drug-likeness (QED) is 0.821. The van der Waals surface area contributed by atoms with Gasteiger partial charge >= 0.3 is 0 Å². The molecule has 0 bridgehead atoms. The van der Waals surface area contributed by atoms with Crippen molar-refractivity contribution in [1.29, 1.82) is 0 Å². The first-order chi connectivity index (χ1) is 11.9. The van der Waals surface area contributed by atoms with Gasteiger partial charge in [-0.3, -0.25) is 4.79 Å². The molecule has 25 heavy (non-hydrogen) atoms. The van der Waals surface area contributed by atoms with E-state index < -0.39 is 10.2 Å². The molecule has 7 heteroatoms. The number of carbonyl (C=O) groups is 1. The lowest BCUT2D eigenvalue weighted by molar-refractivity contribution is -0.127. The Bertz CT molecular complexity index is 566. The smallest absolute Gasteiger partial charge is 0.281 e. The topological polar surface area (TPSA) is 69.7 Å². The van der Waals surface area contributed by atoms with E-state index in [1.807, 2.05) is 0 Å². The largest absolute Gasteiger partial charge is 0.353 e. The molecule has 2 aliphatic heterocycles. The molecule has 3 rings (SSSR count). The molecule has 3 atom stereocenters. The lowest BCUT2D eigenvalue weighted by Crippen LogP contribution is -2.50. The first-order valence-corrected chi connectivity index (χ1v) is 11.3. The zero-order valence-corrected chi connectivity index (χ0v) is 16.4. The summed E-state index contributed by atoms with van der Waals surface area (Å²) in [5, 5.41) is 3.26. The molecule has 1 saturated carbocycles. The van der Waals surface area contributed by atoms with E-state index in [2.05, 4.69) is 19.2 Å². The van der Waals surface area contributed by atoms with Crippen molar-refractivity contribution in [2.75, 3.05) is 26.2 Å². The van der Waals surface area contributed by atoms with Gasteiger partial charge in [0, 0.05) is 38.1 Å². The van der Waals surface area contributed by atoms with E-state index in [1.54, 1.807) is 8.61 Å². The summed E-state index contributed by atoms with van der Waals surface area (Å²) in [6, 6.07) is 0.280. The molecule has 144 valence electrons. The average molecular weight is 372 g/mol. The number of hydrogen-bond donors (Lipinski definition) is 1. The molecule has 3 unspecified atom stereocenters. The molecule has 0 aromatic rings. The molecule has 0 aromatic carbocycles. The molecule has 1 N–H and O–H groups in total. The van der Waals surface area contributed by atoms with Crippen molar-refractivity contribution in [3.05, 3.63) is 0 Å². The molecule has 1 amide bonds. The standard InChI is InChI=1S/C18H33N3O3S/c1-14-6-5-7-17(15(14)2)19-18(22)16-8-12-21(13-9-16)25(23,24)20-10-3-4-11-20/h14-17H,3-13H2,1-2H3,(H,19,22). The predicted molar refractivity (Wildman–Crippen MR) is 98.1 cm³/mol. The minimum Gasteiger partial charge on any atom is -0.353 e. The maximum absolute atomic E-state index is 12.6. The highest BCUT2D eigenvalue weighted by Gasteiger charge is 2.37. The molecule has 2 saturated heterocycles. The summed E-state index contributed by atoms with van der Waals surface area (Å²) >= 11 is 0. The third-order valence-corrected chi connectivity index (χ3v) is 8.61. The summed E-state index contributed by atoms with van der Waals surface area (Å²) in [6.45, 7) is 6.72. The van der Waals surface area contributed by atoms with Crippen LogP contribution >= 0.6 is 0 Å². The van der Waals surface area contributed by atoms with Gasteiger partial charge in [-0.05, 0) is 43.9 Å². The minimum atomic E-state index is -3.32. The van der Waals surface area contributed by atoms with Crippen molar-refractivity contribution in [3.63, 3.8) is 0 Å². The molecule has 6 nitrogen and oxygen atoms in total. The van der Waals surface area contributed by atoms with E-state index in [1.165, 1.54) is 12.8 Å². The van der Waals surface area contributed by atoms with Crippen molar-refractivity contribution in [2.24, 2.45) is 17.8 Å². The van der Waals surface area contributed by atoms with Crippen molar-refractivity contribution in [2.45, 2.75) is 64.8 Å². The second kappa shape index (κ2) is 7.92. The van der Waals surface area contributed by atoms with Crippen LogP contribution in [0.15, 0.2) is 0 Å². The van der Waals surface area contributed by atoms with Crippen LogP contribution in [0.1, 0.15) is 58.8 Å². The van der Waals surface area contributed by atoms with Crippen LogP contribution in [0.4, 0.5) is 0 Å². The molecule has 3 fully saturated rings. The predicted octanol–water partition coefficient (Wildman–Crippen LogP) is 1.98. The van der Waals surface area contributed by atoms with Gasteiger partial charge in [0.25, 0.3) is 10.2 Å². The normalized spacial score (nSPS) is 33.4. The van der Waals surface area contributed by atoms with Crippen molar-refractivity contribution in [1.82, 2.24) is 13.9 Å². The van der Waals surface area contributed by atoms with Crippen LogP contribution in [-0.4, -0.2) is 55.2 Å². The Morgan fingerprint density at radius 3 is 2.12 bits per heavy atom. The monoisotopic (exact) mass is 371 g/mol. The number of amides is 1. The summed E-state index contributed by atoms with van der Waals surface area (Å²) in [5.41, 5.74) is 0. The molecular formula is C18H33N3O3S. The van der Waals surface area contributed by atoms with Gasteiger partial charge in [0.15, 0.2) is 0 Å². The molecule has 0 radical (unpaired) electrons. The van der Waals surface area contributed by atoms with Gasteiger partial charge in [0.05, 0.1) is 0 Å². The molecule has 1 aliphatic carbocycles. The molecule has 0 aromatic heterocycles. The number of carbonyl (C=O) groups excluding carboxylic acids is 1. The number of nitrogens with one attached hydrogen (secondary N) is 1. The Kier molecular flexibility index (Phi) is 6.06. The molecule has 0 spiro atoms. The van der Waals surface area contributed by atoms with Gasteiger partial charge in [-0.1, -0.05) is 26.7 Å². The highest BCUT2D eigenvalue weighted by Crippen LogP contribution is 2.30. The Morgan fingerprint density at radius 2 is 1.48 bits per heavy atom. The molecule has 3 aliphatic rings. The lowest BCUT2D eigenvalue weighted by atomic mass is 9.78. The van der Waals surface area contributed by atoms with Crippen LogP contribution in [0.5, 0.6) is 0 Å². The summed E-state index contributed by atoms with van der Waals surface area (Å²) in [5.74, 6) is 1.26. The zero-order chi connectivity index (χ0) is 18.0. The van der Waals surface area contributed by atoms with Crippen LogP contribution < -0.4 is 5.32 Å². The minimum absolute atomic E-state index is 0.0468. The SMILES string of the molecule is CC1CCCC(NC(=O)C2CCN(S(=O)(=O)N3CCCC3)CC2)C1C. The summed E-state index contributed by atoms with van der Waals surface area (Å²) in [7, 11) is -3.32. The Morgan fingerprint density at radius 1 is 0.880 bits per heavy atom. The first-order valence-electron chi connectivity index (χ1n) is 9.95. The van der Waals surface area contributed by atoms with Crippen LogP contribution in [0, 0.1) is 17.8 Å². The number of hydrogen-bond acceptors (Lipinski definition) is 3. The summed E-state index contributed by atoms with van der Waals surface area (Å²) < 4.78 is 28.4. The highest BCUT2D eigenvalue weighted by atomic mass is 32.2. The summed E-state index contributed by atoms with van der Waals surface area (Å²) in [4.78, 5) is 12.6. The Hall–Kier alpha value is -0.660. The third-order valence-electron chi connectivity index (χ3n) is 6.58. The van der Waals surface area contributed by atoms with Gasteiger partial charge in [0.2, 0.25) is 5.91 Å². The average Bonchev–Trinajstić information content (AvgIpc) is 3.14. The van der Waals surface area contributed by atoms with Gasteiger partial charge in [0.1, 0.15) is 0 Å². The zero-order valence-electron chi connectivity index (χ0n) is 15.6. The van der Waals surface area contributed by atoms with Crippen molar-refractivity contribution < 1.29 is 13.2 Å². The van der Waals surface area contributed by atoms with Gasteiger partial charge in [-0.2, -0.15) is 17.0 Å².